The van der Waals surface area contributed by atoms with Gasteiger partial charge in [-0.2, -0.15) is 13.2 Å². The first-order valence-corrected chi connectivity index (χ1v) is 15.2. The summed E-state index contributed by atoms with van der Waals surface area (Å²) in [5.41, 5.74) is 3.84. The Hall–Kier alpha value is -4.22. The maximum absolute atomic E-state index is 15.3. The molecule has 0 aliphatic carbocycles. The van der Waals surface area contributed by atoms with E-state index in [1.807, 2.05) is 43.3 Å². The number of alkyl halides is 3. The van der Waals surface area contributed by atoms with Gasteiger partial charge < -0.3 is 9.30 Å². The third-order valence-electron chi connectivity index (χ3n) is 7.48. The molecule has 4 nitrogen and oxygen atoms in total. The zero-order valence-electron chi connectivity index (χ0n) is 23.5. The van der Waals surface area contributed by atoms with Gasteiger partial charge in [0.05, 0.1) is 5.56 Å². The molecular weight excluding hydrogens is 556 g/mol. The van der Waals surface area contributed by atoms with Gasteiger partial charge in [-0.25, -0.2) is 4.98 Å². The van der Waals surface area contributed by atoms with E-state index in [1.54, 1.807) is 42.6 Å². The average Bonchev–Trinajstić information content (AvgIpc) is 3.20. The van der Waals surface area contributed by atoms with Crippen LogP contribution in [0.3, 0.4) is 0 Å². The number of hydrogen-bond acceptors (Lipinski definition) is 4. The van der Waals surface area contributed by atoms with E-state index >= 15 is 4.57 Å². The third kappa shape index (κ3) is 4.92. The number of rotatable bonds is 4. The second-order valence-electron chi connectivity index (χ2n) is 11.5. The summed E-state index contributed by atoms with van der Waals surface area (Å²) in [6, 6.07) is 23.5. The maximum atomic E-state index is 15.3. The quantitative estimate of drug-likeness (QED) is 0.196. The van der Waals surface area contributed by atoms with E-state index in [9.17, 15) is 13.2 Å². The Morgan fingerprint density at radius 2 is 1.52 bits per heavy atom. The summed E-state index contributed by atoms with van der Waals surface area (Å²) in [6.45, 7) is 8.22. The molecule has 0 radical (unpaired) electrons. The van der Waals surface area contributed by atoms with Crippen LogP contribution >= 0.6 is 7.14 Å². The van der Waals surface area contributed by atoms with Crippen LogP contribution in [0, 0.1) is 6.92 Å². The summed E-state index contributed by atoms with van der Waals surface area (Å²) in [7, 11) is -3.45. The smallest absolute Gasteiger partial charge is 0.416 e. The van der Waals surface area contributed by atoms with Crippen molar-refractivity contribution in [1.82, 2.24) is 9.97 Å². The molecule has 5 aromatic rings. The molecule has 8 heteroatoms. The Morgan fingerprint density at radius 3 is 2.24 bits per heavy atom. The van der Waals surface area contributed by atoms with Crippen LogP contribution in [0.2, 0.25) is 0 Å². The molecule has 6 rings (SSSR count). The highest BCUT2D eigenvalue weighted by Crippen LogP contribution is 2.53. The molecule has 0 amide bonds. The first-order valence-electron chi connectivity index (χ1n) is 13.5. The van der Waals surface area contributed by atoms with Gasteiger partial charge in [-0.15, -0.1) is 0 Å². The second kappa shape index (κ2) is 9.95. The number of pyridine rings is 2. The van der Waals surface area contributed by atoms with E-state index in [0.717, 1.165) is 34.4 Å². The minimum atomic E-state index is -4.60. The van der Waals surface area contributed by atoms with E-state index < -0.39 is 18.9 Å². The molecule has 3 heterocycles. The Morgan fingerprint density at radius 1 is 0.714 bits per heavy atom. The van der Waals surface area contributed by atoms with Gasteiger partial charge >= 0.3 is 6.18 Å². The first-order chi connectivity index (χ1) is 19.8. The standard InChI is InChI=1S/C34H28F3N2O2P/c1-21-8-11-29-28(15-21)27-10-9-22(18-30(27)42(29,40)32-20-24(12-14-39-32)33(2,3)4)23-16-25(34(35,36)37)19-26(17-23)41-31-7-5-6-13-38-31/h5-20H,1-4H3. The zero-order chi connectivity index (χ0) is 29.9. The monoisotopic (exact) mass is 584 g/mol. The first kappa shape index (κ1) is 27.9. The van der Waals surface area contributed by atoms with Gasteiger partial charge in [0.1, 0.15) is 11.2 Å². The van der Waals surface area contributed by atoms with E-state index in [1.165, 1.54) is 6.20 Å². The molecule has 2 aromatic heterocycles. The van der Waals surface area contributed by atoms with Crippen molar-refractivity contribution in [3.05, 3.63) is 114 Å². The minimum Gasteiger partial charge on any atom is -0.439 e. The largest absolute Gasteiger partial charge is 0.439 e. The summed E-state index contributed by atoms with van der Waals surface area (Å²) >= 11 is 0. The Bertz CT molecular complexity index is 1880. The number of aryl methyl sites for hydroxylation is 1. The fourth-order valence-corrected chi connectivity index (χ4v) is 8.26. The van der Waals surface area contributed by atoms with Crippen molar-refractivity contribution in [2.45, 2.75) is 39.3 Å². The molecule has 0 saturated carbocycles. The molecule has 1 atom stereocenters. The normalized spacial score (nSPS) is 16.2. The number of nitrogens with zero attached hydrogens (tertiary/aromatic N) is 2. The van der Waals surface area contributed by atoms with Crippen LogP contribution < -0.4 is 20.8 Å². The predicted molar refractivity (Wildman–Crippen MR) is 161 cm³/mol. The fourth-order valence-electron chi connectivity index (χ4n) is 5.29. The highest BCUT2D eigenvalue weighted by molar-refractivity contribution is 7.86. The van der Waals surface area contributed by atoms with E-state index in [2.05, 4.69) is 30.7 Å². The van der Waals surface area contributed by atoms with Crippen molar-refractivity contribution in [3.8, 4) is 33.9 Å². The lowest BCUT2D eigenvalue weighted by atomic mass is 9.88. The van der Waals surface area contributed by atoms with E-state index in [0.29, 0.717) is 21.6 Å². The fraction of sp³-hybridized carbons (Fsp3) is 0.176. The van der Waals surface area contributed by atoms with Crippen molar-refractivity contribution in [2.24, 2.45) is 0 Å². The minimum absolute atomic E-state index is 0.000613. The summed E-state index contributed by atoms with van der Waals surface area (Å²) in [5.74, 6) is 0.178. The molecule has 3 aromatic carbocycles. The van der Waals surface area contributed by atoms with Crippen LogP contribution in [0.1, 0.15) is 37.5 Å². The molecule has 0 bridgehead atoms. The van der Waals surface area contributed by atoms with Crippen molar-refractivity contribution >= 4 is 23.2 Å². The van der Waals surface area contributed by atoms with Gasteiger partial charge in [0.2, 0.25) is 5.88 Å². The van der Waals surface area contributed by atoms with Crippen LogP contribution in [-0.2, 0) is 16.2 Å². The third-order valence-corrected chi connectivity index (χ3v) is 10.5. The van der Waals surface area contributed by atoms with Crippen molar-refractivity contribution in [2.75, 3.05) is 0 Å². The Kier molecular flexibility index (Phi) is 6.62. The molecule has 1 aliphatic rings. The predicted octanol–water partition coefficient (Wildman–Crippen LogP) is 8.18. The van der Waals surface area contributed by atoms with Gasteiger partial charge in [-0.3, -0.25) is 4.98 Å². The summed E-state index contributed by atoms with van der Waals surface area (Å²) in [4.78, 5) is 8.67. The van der Waals surface area contributed by atoms with Crippen LogP contribution in [0.5, 0.6) is 11.6 Å². The number of hydrogen-bond donors (Lipinski definition) is 0. The summed E-state index contributed by atoms with van der Waals surface area (Å²) in [5, 5.41) is 1.24. The maximum Gasteiger partial charge on any atom is 0.416 e. The highest BCUT2D eigenvalue weighted by Gasteiger charge is 2.42. The summed E-state index contributed by atoms with van der Waals surface area (Å²) < 4.78 is 63.0. The van der Waals surface area contributed by atoms with E-state index in [4.69, 9.17) is 4.74 Å². The van der Waals surface area contributed by atoms with Gasteiger partial charge in [0.25, 0.3) is 0 Å². The van der Waals surface area contributed by atoms with Gasteiger partial charge in [-0.05, 0) is 88.7 Å². The highest BCUT2D eigenvalue weighted by atomic mass is 31.2. The van der Waals surface area contributed by atoms with E-state index in [-0.39, 0.29) is 22.6 Å². The molecule has 0 N–H and O–H groups in total. The van der Waals surface area contributed by atoms with Crippen LogP contribution in [0.25, 0.3) is 22.3 Å². The van der Waals surface area contributed by atoms with Crippen LogP contribution in [0.15, 0.2) is 97.3 Å². The molecule has 212 valence electrons. The lowest BCUT2D eigenvalue weighted by Crippen LogP contribution is -2.25. The molecular formula is C34H28F3N2O2P. The topological polar surface area (TPSA) is 52.1 Å². The van der Waals surface area contributed by atoms with Crippen molar-refractivity contribution in [3.63, 3.8) is 0 Å². The van der Waals surface area contributed by atoms with Crippen LogP contribution in [0.4, 0.5) is 13.2 Å². The number of ether oxygens (including phenoxy) is 1. The lowest BCUT2D eigenvalue weighted by molar-refractivity contribution is -0.137. The van der Waals surface area contributed by atoms with Gasteiger partial charge in [0, 0.05) is 29.1 Å². The molecule has 0 spiro atoms. The molecule has 1 aliphatic heterocycles. The van der Waals surface area contributed by atoms with Gasteiger partial charge in [0.15, 0.2) is 7.14 Å². The zero-order valence-corrected chi connectivity index (χ0v) is 24.4. The van der Waals surface area contributed by atoms with Crippen LogP contribution in [-0.4, -0.2) is 9.97 Å². The molecule has 0 saturated heterocycles. The second-order valence-corrected chi connectivity index (χ2v) is 14.2. The Balaban J connectivity index is 1.55. The average molecular weight is 585 g/mol. The number of aromatic nitrogens is 2. The molecule has 0 fully saturated rings. The SMILES string of the molecule is Cc1ccc2c(c1)-c1ccc(-c3cc(Oc4ccccn4)cc(C(F)(F)F)c3)cc1P2(=O)c1cc(C(C)(C)C)ccn1. The summed E-state index contributed by atoms with van der Waals surface area (Å²) in [6.07, 6.45) is -1.42. The number of benzene rings is 3. The molecule has 1 unspecified atom stereocenters. The number of fused-ring (bicyclic) bond motifs is 3. The van der Waals surface area contributed by atoms with Gasteiger partial charge in [-0.1, -0.05) is 56.7 Å². The number of halogens is 3. The lowest BCUT2D eigenvalue weighted by Gasteiger charge is -2.22. The van der Waals surface area contributed by atoms with Crippen molar-refractivity contribution < 1.29 is 22.5 Å². The molecule has 42 heavy (non-hydrogen) atoms. The Labute approximate surface area is 242 Å². The van der Waals surface area contributed by atoms with Crippen molar-refractivity contribution in [1.29, 1.82) is 0 Å².